The molecule has 2 aromatic rings. The average Bonchev–Trinajstić information content (AvgIpc) is 2.60. The molecule has 0 heterocycles. The molecular weight excluding hydrogens is 432 g/mol. The first-order chi connectivity index (χ1) is 12.6. The van der Waals surface area contributed by atoms with Gasteiger partial charge in [-0.25, -0.2) is 8.42 Å². The van der Waals surface area contributed by atoms with Crippen LogP contribution in [0.15, 0.2) is 46.9 Å². The van der Waals surface area contributed by atoms with Gasteiger partial charge >= 0.3 is 0 Å². The van der Waals surface area contributed by atoms with Crippen LogP contribution in [-0.2, 0) is 16.3 Å². The summed E-state index contributed by atoms with van der Waals surface area (Å²) in [5, 5.41) is 9.54. The van der Waals surface area contributed by atoms with E-state index in [2.05, 4.69) is 15.9 Å². The first-order valence-corrected chi connectivity index (χ1v) is 11.0. The number of hydrogen-bond acceptors (Lipinski definition) is 5. The Morgan fingerprint density at radius 2 is 1.70 bits per heavy atom. The molecule has 0 aromatic heterocycles. The maximum absolute atomic E-state index is 13.1. The normalized spacial score (nSPS) is 13.3. The molecule has 0 saturated heterocycles. The number of aliphatic hydroxyl groups is 1. The van der Waals surface area contributed by atoms with Gasteiger partial charge in [-0.3, -0.25) is 0 Å². The van der Waals surface area contributed by atoms with E-state index in [-0.39, 0.29) is 12.2 Å². The largest absolute Gasteiger partial charge is 0.497 e. The molecule has 2 aromatic carbocycles. The molecule has 0 amide bonds. The van der Waals surface area contributed by atoms with Crippen LogP contribution >= 0.6 is 15.9 Å². The van der Waals surface area contributed by atoms with Crippen LogP contribution < -0.4 is 9.47 Å². The van der Waals surface area contributed by atoms with E-state index in [1.54, 1.807) is 49.6 Å². The zero-order chi connectivity index (χ0) is 20.2. The summed E-state index contributed by atoms with van der Waals surface area (Å²) in [5.41, 5.74) is -0.0870. The van der Waals surface area contributed by atoms with E-state index in [1.165, 1.54) is 21.0 Å². The van der Waals surface area contributed by atoms with Crippen LogP contribution in [0.5, 0.6) is 11.5 Å². The number of methoxy groups -OCH3 is 2. The second-order valence-electron chi connectivity index (χ2n) is 6.88. The molecule has 148 valence electrons. The second-order valence-corrected chi connectivity index (χ2v) is 10.0. The summed E-state index contributed by atoms with van der Waals surface area (Å²) >= 11 is 3.35. The standard InChI is InChI=1S/C20H25BrO5S/c1-20(2,22)19(15-5-8-16(21)9-6-15)27(23,24)12-11-14-7-10-17(25-3)13-18(14)26-4/h5-10,13,19,22H,11-12H2,1-4H3. The van der Waals surface area contributed by atoms with Gasteiger partial charge < -0.3 is 14.6 Å². The van der Waals surface area contributed by atoms with Crippen LogP contribution in [-0.4, -0.2) is 39.1 Å². The van der Waals surface area contributed by atoms with E-state index in [4.69, 9.17) is 9.47 Å². The van der Waals surface area contributed by atoms with Crippen molar-refractivity contribution in [3.8, 4) is 11.5 Å². The van der Waals surface area contributed by atoms with E-state index >= 15 is 0 Å². The van der Waals surface area contributed by atoms with Gasteiger partial charge in [0, 0.05) is 10.5 Å². The van der Waals surface area contributed by atoms with E-state index in [0.717, 1.165) is 10.0 Å². The quantitative estimate of drug-likeness (QED) is 0.650. The van der Waals surface area contributed by atoms with Crippen molar-refractivity contribution in [3.63, 3.8) is 0 Å². The fourth-order valence-corrected chi connectivity index (χ4v) is 5.58. The van der Waals surface area contributed by atoms with Crippen molar-refractivity contribution in [1.29, 1.82) is 0 Å². The predicted octanol–water partition coefficient (Wildman–Crippen LogP) is 3.94. The van der Waals surface area contributed by atoms with E-state index in [1.807, 2.05) is 0 Å². The summed E-state index contributed by atoms with van der Waals surface area (Å²) in [7, 11) is -0.540. The highest BCUT2D eigenvalue weighted by molar-refractivity contribution is 9.10. The monoisotopic (exact) mass is 456 g/mol. The van der Waals surface area contributed by atoms with E-state index in [9.17, 15) is 13.5 Å². The molecule has 0 aliphatic carbocycles. The van der Waals surface area contributed by atoms with Gasteiger partial charge in [0.25, 0.3) is 0 Å². The van der Waals surface area contributed by atoms with Crippen molar-refractivity contribution in [2.45, 2.75) is 31.1 Å². The van der Waals surface area contributed by atoms with Crippen molar-refractivity contribution in [2.75, 3.05) is 20.0 Å². The highest BCUT2D eigenvalue weighted by Gasteiger charge is 2.39. The molecular formula is C20H25BrO5S. The summed E-state index contributed by atoms with van der Waals surface area (Å²) < 4.78 is 37.6. The number of hydrogen-bond donors (Lipinski definition) is 1. The minimum atomic E-state index is -3.64. The van der Waals surface area contributed by atoms with Crippen molar-refractivity contribution >= 4 is 25.8 Å². The zero-order valence-electron chi connectivity index (χ0n) is 15.9. The molecule has 1 atom stereocenters. The SMILES string of the molecule is COc1ccc(CCS(=O)(=O)C(c2ccc(Br)cc2)C(C)(C)O)c(OC)c1. The minimum absolute atomic E-state index is 0.111. The minimum Gasteiger partial charge on any atom is -0.497 e. The Hall–Kier alpha value is -1.57. The second kappa shape index (κ2) is 8.63. The Labute approximate surface area is 169 Å². The molecule has 0 bridgehead atoms. The van der Waals surface area contributed by atoms with Crippen molar-refractivity contribution in [1.82, 2.24) is 0 Å². The number of sulfone groups is 1. The highest BCUT2D eigenvalue weighted by Crippen LogP contribution is 2.35. The van der Waals surface area contributed by atoms with Gasteiger partial charge in [-0.1, -0.05) is 34.1 Å². The highest BCUT2D eigenvalue weighted by atomic mass is 79.9. The lowest BCUT2D eigenvalue weighted by molar-refractivity contribution is 0.0747. The lowest BCUT2D eigenvalue weighted by Crippen LogP contribution is -2.36. The number of aryl methyl sites for hydroxylation is 1. The first-order valence-electron chi connectivity index (χ1n) is 8.49. The van der Waals surface area contributed by atoms with Crippen molar-refractivity contribution in [2.24, 2.45) is 0 Å². The van der Waals surface area contributed by atoms with E-state index < -0.39 is 20.7 Å². The number of ether oxygens (including phenoxy) is 2. The van der Waals surface area contributed by atoms with Gasteiger partial charge in [-0.15, -0.1) is 0 Å². The van der Waals surface area contributed by atoms with Crippen molar-refractivity contribution < 1.29 is 23.0 Å². The summed E-state index contributed by atoms with van der Waals surface area (Å²) in [5.74, 6) is 1.11. The Balaban J connectivity index is 2.31. The third-order valence-corrected chi connectivity index (χ3v) is 7.19. The molecule has 7 heteroatoms. The van der Waals surface area contributed by atoms with Gasteiger partial charge in [-0.05, 0) is 49.6 Å². The molecule has 0 fully saturated rings. The van der Waals surface area contributed by atoms with Crippen LogP contribution in [0.1, 0.15) is 30.2 Å². The van der Waals surface area contributed by atoms with Crippen LogP contribution in [0.2, 0.25) is 0 Å². The molecule has 0 spiro atoms. The Morgan fingerprint density at radius 3 is 2.22 bits per heavy atom. The van der Waals surface area contributed by atoms with Crippen LogP contribution in [0.4, 0.5) is 0 Å². The smallest absolute Gasteiger partial charge is 0.160 e. The molecule has 1 unspecified atom stereocenters. The van der Waals surface area contributed by atoms with Gasteiger partial charge in [0.2, 0.25) is 0 Å². The summed E-state index contributed by atoms with van der Waals surface area (Å²) in [6.45, 7) is 3.04. The molecule has 1 N–H and O–H groups in total. The first kappa shape index (κ1) is 21.7. The fourth-order valence-electron chi connectivity index (χ4n) is 3.12. The van der Waals surface area contributed by atoms with Crippen molar-refractivity contribution in [3.05, 3.63) is 58.1 Å². The third kappa shape index (κ3) is 5.46. The van der Waals surface area contributed by atoms with Gasteiger partial charge in [0.15, 0.2) is 9.84 Å². The average molecular weight is 457 g/mol. The van der Waals surface area contributed by atoms with Gasteiger partial charge in [0.05, 0.1) is 25.6 Å². The van der Waals surface area contributed by atoms with Crippen LogP contribution in [0.3, 0.4) is 0 Å². The molecule has 0 aliphatic heterocycles. The van der Waals surface area contributed by atoms with Crippen LogP contribution in [0, 0.1) is 0 Å². The number of benzene rings is 2. The third-order valence-electron chi connectivity index (χ3n) is 4.32. The fraction of sp³-hybridized carbons (Fsp3) is 0.400. The predicted molar refractivity (Wildman–Crippen MR) is 110 cm³/mol. The zero-order valence-corrected chi connectivity index (χ0v) is 18.3. The molecule has 2 rings (SSSR count). The number of halogens is 1. The Bertz CT molecular complexity index is 870. The molecule has 0 radical (unpaired) electrons. The summed E-state index contributed by atoms with van der Waals surface area (Å²) in [6, 6.07) is 12.3. The van der Waals surface area contributed by atoms with Gasteiger partial charge in [-0.2, -0.15) is 0 Å². The maximum atomic E-state index is 13.1. The Morgan fingerprint density at radius 1 is 1.07 bits per heavy atom. The Kier molecular flexibility index (Phi) is 6.94. The molecule has 27 heavy (non-hydrogen) atoms. The van der Waals surface area contributed by atoms with E-state index in [0.29, 0.717) is 17.1 Å². The van der Waals surface area contributed by atoms with Gasteiger partial charge in [0.1, 0.15) is 16.7 Å². The number of rotatable bonds is 8. The van der Waals surface area contributed by atoms with Crippen LogP contribution in [0.25, 0.3) is 0 Å². The molecule has 0 saturated carbocycles. The molecule has 5 nitrogen and oxygen atoms in total. The topological polar surface area (TPSA) is 72.8 Å². The lowest BCUT2D eigenvalue weighted by Gasteiger charge is -2.29. The molecule has 0 aliphatic rings. The summed E-state index contributed by atoms with van der Waals surface area (Å²) in [6.07, 6.45) is 0.276. The maximum Gasteiger partial charge on any atom is 0.160 e. The summed E-state index contributed by atoms with van der Waals surface area (Å²) in [4.78, 5) is 0. The lowest BCUT2D eigenvalue weighted by atomic mass is 9.98.